The fourth-order valence-electron chi connectivity index (χ4n) is 8.87. The molecule has 9 aromatic rings. The molecule has 272 valence electrons. The number of fused-ring (bicyclic) bond motifs is 8. The van der Waals surface area contributed by atoms with Crippen LogP contribution in [0.1, 0.15) is 76.0 Å². The van der Waals surface area contributed by atoms with Gasteiger partial charge in [-0.05, 0) is 101 Å². The zero-order chi connectivity index (χ0) is 37.5. The van der Waals surface area contributed by atoms with Gasteiger partial charge < -0.3 is 9.13 Å². The third-order valence-electron chi connectivity index (χ3n) is 11.6. The molecule has 1 atom stereocenters. The van der Waals surface area contributed by atoms with Gasteiger partial charge in [0.05, 0.1) is 22.1 Å². The lowest BCUT2D eigenvalue weighted by atomic mass is 9.89. The number of rotatable bonds is 6. The quantitative estimate of drug-likeness (QED) is 0.167. The van der Waals surface area contributed by atoms with E-state index in [0.29, 0.717) is 17.8 Å². The summed E-state index contributed by atoms with van der Waals surface area (Å²) in [6.45, 7) is 14.2. The van der Waals surface area contributed by atoms with E-state index in [9.17, 15) is 0 Å². The highest BCUT2D eigenvalue weighted by Crippen LogP contribution is 2.64. The molecule has 0 radical (unpaired) electrons. The summed E-state index contributed by atoms with van der Waals surface area (Å²) in [5, 5.41) is 5.12. The first-order valence-corrected chi connectivity index (χ1v) is 21.8. The Balaban J connectivity index is 1.23. The van der Waals surface area contributed by atoms with Crippen molar-refractivity contribution in [1.29, 1.82) is 0 Å². The van der Waals surface area contributed by atoms with Crippen molar-refractivity contribution in [3.63, 3.8) is 0 Å². The van der Waals surface area contributed by atoms with Gasteiger partial charge in [-0.25, -0.2) is 0 Å². The minimum absolute atomic E-state index is 0.430. The highest BCUT2D eigenvalue weighted by atomic mass is 32.2. The Morgan fingerprint density at radius 1 is 0.418 bits per heavy atom. The molecule has 0 fully saturated rings. The van der Waals surface area contributed by atoms with Gasteiger partial charge in [-0.3, -0.25) is 0 Å². The van der Waals surface area contributed by atoms with Crippen LogP contribution >= 0.6 is 22.7 Å². The summed E-state index contributed by atoms with van der Waals surface area (Å²) in [6, 6.07) is 55.1. The Bertz CT molecular complexity index is 2920. The third kappa shape index (κ3) is 5.40. The van der Waals surface area contributed by atoms with Crippen molar-refractivity contribution < 1.29 is 0 Å². The van der Waals surface area contributed by atoms with E-state index in [1.807, 2.05) is 11.8 Å². The number of aromatic nitrogens is 2. The molecule has 0 N–H and O–H groups in total. The summed E-state index contributed by atoms with van der Waals surface area (Å²) in [5.41, 5.74) is 11.8. The van der Waals surface area contributed by atoms with Crippen molar-refractivity contribution in [3.05, 3.63) is 162 Å². The molecule has 0 saturated carbocycles. The van der Waals surface area contributed by atoms with E-state index in [2.05, 4.69) is 196 Å². The van der Waals surface area contributed by atoms with Crippen molar-refractivity contribution in [2.75, 3.05) is 0 Å². The number of hydrogen-bond donors (Lipinski definition) is 1. The van der Waals surface area contributed by atoms with Crippen LogP contribution < -0.4 is 0 Å². The van der Waals surface area contributed by atoms with E-state index in [-0.39, 0.29) is 0 Å². The standard InChI is InChI=1S/C51H46N2S2/c1-31(2)34-26-39(32(3)4)51(40(27-34)33(5)6)55-49-23-15-14-22-47(49)54-48-28-36(24-25-50(48)55)53-44-21-13-11-19-38(44)42-29-41-37-18-10-12-20-43(37)52(45(41)30-46(42)53)35-16-8-7-9-17-35/h7-33,55H,1-6H3. The van der Waals surface area contributed by atoms with Gasteiger partial charge in [-0.1, -0.05) is 132 Å². The van der Waals surface area contributed by atoms with Crippen molar-refractivity contribution in [1.82, 2.24) is 9.13 Å². The fourth-order valence-corrected chi connectivity index (χ4v) is 13.5. The average molecular weight is 751 g/mol. The molecule has 7 aromatic carbocycles. The van der Waals surface area contributed by atoms with E-state index in [1.54, 1.807) is 4.90 Å². The largest absolute Gasteiger partial charge is 0.309 e. The SMILES string of the molecule is CC(C)c1cc(C(C)C)c([SH]2c3ccccc3Sc3cc(-n4c5ccccc5c5cc6c7ccccc7n(-c7ccccc7)c6cc54)ccc32)c(C(C)C)c1. The smallest absolute Gasteiger partial charge is 0.0562 e. The van der Waals surface area contributed by atoms with Crippen LogP contribution in [-0.4, -0.2) is 9.13 Å². The third-order valence-corrected chi connectivity index (χ3v) is 15.7. The van der Waals surface area contributed by atoms with E-state index >= 15 is 0 Å². The predicted molar refractivity (Wildman–Crippen MR) is 238 cm³/mol. The molecule has 0 bridgehead atoms. The topological polar surface area (TPSA) is 9.86 Å². The molecule has 0 saturated heterocycles. The predicted octanol–water partition coefficient (Wildman–Crippen LogP) is 15.2. The number of hydrogen-bond acceptors (Lipinski definition) is 1. The molecule has 2 nitrogen and oxygen atoms in total. The minimum atomic E-state index is -0.775. The molecule has 10 rings (SSSR count). The first-order chi connectivity index (χ1) is 26.8. The highest BCUT2D eigenvalue weighted by Gasteiger charge is 2.31. The van der Waals surface area contributed by atoms with Gasteiger partial charge >= 0.3 is 0 Å². The van der Waals surface area contributed by atoms with Crippen LogP contribution in [0.5, 0.6) is 0 Å². The van der Waals surface area contributed by atoms with Crippen LogP contribution in [0.4, 0.5) is 0 Å². The van der Waals surface area contributed by atoms with Crippen LogP contribution in [0.15, 0.2) is 170 Å². The van der Waals surface area contributed by atoms with Gasteiger partial charge in [0.25, 0.3) is 0 Å². The molecule has 1 unspecified atom stereocenters. The lowest BCUT2D eigenvalue weighted by Gasteiger charge is -2.36. The number of thiol groups is 1. The second-order valence-electron chi connectivity index (χ2n) is 16.0. The molecule has 0 amide bonds. The molecule has 1 aliphatic heterocycles. The Kier molecular flexibility index (Phi) is 8.27. The van der Waals surface area contributed by atoms with E-state index in [1.165, 1.54) is 91.3 Å². The highest BCUT2D eigenvalue weighted by molar-refractivity contribution is 8.18. The Morgan fingerprint density at radius 3 is 1.58 bits per heavy atom. The van der Waals surface area contributed by atoms with Gasteiger partial charge in [-0.15, -0.1) is 0 Å². The van der Waals surface area contributed by atoms with Crippen LogP contribution in [0, 0.1) is 0 Å². The lowest BCUT2D eigenvalue weighted by Crippen LogP contribution is -2.08. The molecular weight excluding hydrogens is 705 g/mol. The maximum atomic E-state index is 2.53. The van der Waals surface area contributed by atoms with Crippen molar-refractivity contribution >= 4 is 66.3 Å². The first-order valence-electron chi connectivity index (χ1n) is 19.7. The normalized spacial score (nSPS) is 14.9. The summed E-state index contributed by atoms with van der Waals surface area (Å²) in [6.07, 6.45) is 0. The molecule has 2 aromatic heterocycles. The number of benzene rings is 7. The molecule has 4 heteroatoms. The monoisotopic (exact) mass is 750 g/mol. The number of nitrogens with zero attached hydrogens (tertiary/aromatic N) is 2. The number of para-hydroxylation sites is 3. The van der Waals surface area contributed by atoms with Crippen LogP contribution in [0.2, 0.25) is 0 Å². The van der Waals surface area contributed by atoms with Gasteiger partial charge in [0.15, 0.2) is 0 Å². The summed E-state index contributed by atoms with van der Waals surface area (Å²) >= 11 is 1.94. The van der Waals surface area contributed by atoms with Gasteiger partial charge in [0.1, 0.15) is 0 Å². The summed E-state index contributed by atoms with van der Waals surface area (Å²) in [4.78, 5) is 7.27. The fraction of sp³-hybridized carbons (Fsp3) is 0.176. The zero-order valence-corrected chi connectivity index (χ0v) is 34.0. The molecular formula is C51H46N2S2. The lowest BCUT2D eigenvalue weighted by molar-refractivity contribution is 0.769. The Morgan fingerprint density at radius 2 is 0.964 bits per heavy atom. The molecule has 3 heterocycles. The van der Waals surface area contributed by atoms with Crippen LogP contribution in [0.3, 0.4) is 0 Å². The summed E-state index contributed by atoms with van der Waals surface area (Å²) in [5.74, 6) is 1.35. The van der Waals surface area contributed by atoms with Crippen LogP contribution in [0.25, 0.3) is 55.0 Å². The summed E-state index contributed by atoms with van der Waals surface area (Å²) in [7, 11) is -0.775. The van der Waals surface area contributed by atoms with Crippen molar-refractivity contribution in [2.24, 2.45) is 0 Å². The molecule has 0 spiro atoms. The first kappa shape index (κ1) is 34.3. The van der Waals surface area contributed by atoms with Crippen molar-refractivity contribution in [2.45, 2.75) is 83.8 Å². The molecule has 0 aliphatic carbocycles. The average Bonchev–Trinajstić information content (AvgIpc) is 3.70. The van der Waals surface area contributed by atoms with Crippen LogP contribution in [-0.2, 0) is 0 Å². The van der Waals surface area contributed by atoms with Gasteiger partial charge in [0.2, 0.25) is 0 Å². The minimum Gasteiger partial charge on any atom is -0.309 e. The van der Waals surface area contributed by atoms with Gasteiger partial charge in [-0.2, -0.15) is 10.9 Å². The maximum Gasteiger partial charge on any atom is 0.0562 e. The second-order valence-corrected chi connectivity index (χ2v) is 19.2. The Hall–Kier alpha value is -5.16. The summed E-state index contributed by atoms with van der Waals surface area (Å²) < 4.78 is 4.94. The van der Waals surface area contributed by atoms with Crippen molar-refractivity contribution in [3.8, 4) is 11.4 Å². The molecule has 55 heavy (non-hydrogen) atoms. The van der Waals surface area contributed by atoms with E-state index < -0.39 is 10.9 Å². The second kappa shape index (κ2) is 13.3. The van der Waals surface area contributed by atoms with E-state index in [4.69, 9.17) is 0 Å². The maximum absolute atomic E-state index is 2.53. The Labute approximate surface area is 331 Å². The van der Waals surface area contributed by atoms with E-state index in [0.717, 1.165) is 0 Å². The van der Waals surface area contributed by atoms with Gasteiger partial charge in [0, 0.05) is 57.4 Å². The zero-order valence-electron chi connectivity index (χ0n) is 32.3. The molecule has 1 aliphatic rings.